The molecule has 0 radical (unpaired) electrons. The largest absolute Gasteiger partial charge is 0.480 e. The van der Waals surface area contributed by atoms with Gasteiger partial charge in [-0.3, -0.25) is 9.59 Å². The van der Waals surface area contributed by atoms with Crippen LogP contribution in [-0.4, -0.2) is 28.8 Å². The van der Waals surface area contributed by atoms with E-state index in [4.69, 9.17) is 0 Å². The lowest BCUT2D eigenvalue weighted by molar-refractivity contribution is -0.143. The van der Waals surface area contributed by atoms with Crippen molar-refractivity contribution in [3.63, 3.8) is 0 Å². The summed E-state index contributed by atoms with van der Waals surface area (Å²) in [5.41, 5.74) is 0. The van der Waals surface area contributed by atoms with Gasteiger partial charge in [-0.15, -0.1) is 0 Å². The van der Waals surface area contributed by atoms with Crippen molar-refractivity contribution >= 4 is 17.7 Å². The van der Waals surface area contributed by atoms with Crippen molar-refractivity contribution in [1.82, 2.24) is 5.32 Å². The van der Waals surface area contributed by atoms with Gasteiger partial charge >= 0.3 is 5.97 Å². The Kier molecular flexibility index (Phi) is 7.28. The highest BCUT2D eigenvalue weighted by Gasteiger charge is 2.34. The highest BCUT2D eigenvalue weighted by Crippen LogP contribution is 2.34. The Bertz CT molecular complexity index is 444. The number of hydrogen-bond donors (Lipinski definition) is 2. The lowest BCUT2D eigenvalue weighted by atomic mass is 9.89. The van der Waals surface area contributed by atoms with Gasteiger partial charge in [-0.2, -0.15) is 0 Å². The molecule has 22 heavy (non-hydrogen) atoms. The Morgan fingerprint density at radius 3 is 2.55 bits per heavy atom. The average molecular weight is 309 g/mol. The number of rotatable bonds is 8. The predicted octanol–water partition coefficient (Wildman–Crippen LogP) is 2.55. The Morgan fingerprint density at radius 2 is 2.00 bits per heavy atom. The van der Waals surface area contributed by atoms with E-state index < -0.39 is 12.0 Å². The third kappa shape index (κ3) is 5.28. The second-order valence-electron chi connectivity index (χ2n) is 6.24. The summed E-state index contributed by atoms with van der Waals surface area (Å²) in [5.74, 6) is -0.973. The molecule has 4 atom stereocenters. The van der Waals surface area contributed by atoms with Gasteiger partial charge in [0.15, 0.2) is 0 Å². The van der Waals surface area contributed by atoms with Gasteiger partial charge in [0.1, 0.15) is 11.8 Å². The maximum absolute atomic E-state index is 12.2. The molecule has 0 aromatic carbocycles. The van der Waals surface area contributed by atoms with E-state index >= 15 is 0 Å². The molecule has 1 rings (SSSR count). The number of amides is 1. The number of carbonyl (C=O) groups is 3. The van der Waals surface area contributed by atoms with Crippen molar-refractivity contribution in [2.45, 2.75) is 58.9 Å². The molecule has 124 valence electrons. The van der Waals surface area contributed by atoms with Crippen LogP contribution in [0, 0.1) is 17.8 Å². The molecule has 0 aromatic rings. The van der Waals surface area contributed by atoms with Crippen LogP contribution in [-0.2, 0) is 14.4 Å². The molecule has 1 fully saturated rings. The average Bonchev–Trinajstić information content (AvgIpc) is 2.81. The van der Waals surface area contributed by atoms with E-state index in [1.165, 1.54) is 0 Å². The first-order valence-corrected chi connectivity index (χ1v) is 8.04. The van der Waals surface area contributed by atoms with Crippen molar-refractivity contribution in [1.29, 1.82) is 0 Å². The lowest BCUT2D eigenvalue weighted by Gasteiger charge is -2.22. The maximum Gasteiger partial charge on any atom is 0.326 e. The standard InChI is InChI=1S/C17H27NO4/c1-4-6-7-12-8-14(19)9-13(12)10-15(20)18-16(17(21)22)11(3)5-2/h4,6,11-13,16H,5,7-10H2,1-3H3,(H,18,20)(H,21,22)/b6-4-/t11-,12?,13?,16-/m0/s1. The summed E-state index contributed by atoms with van der Waals surface area (Å²) in [4.78, 5) is 35.1. The minimum Gasteiger partial charge on any atom is -0.480 e. The highest BCUT2D eigenvalue weighted by molar-refractivity contribution is 5.86. The van der Waals surface area contributed by atoms with Crippen molar-refractivity contribution in [2.75, 3.05) is 0 Å². The molecule has 2 N–H and O–H groups in total. The number of hydrogen-bond acceptors (Lipinski definition) is 3. The fraction of sp³-hybridized carbons (Fsp3) is 0.706. The first-order chi connectivity index (χ1) is 10.4. The van der Waals surface area contributed by atoms with E-state index in [1.807, 2.05) is 32.9 Å². The minimum absolute atomic E-state index is 0.0232. The van der Waals surface area contributed by atoms with Gasteiger partial charge in [0.05, 0.1) is 0 Å². The van der Waals surface area contributed by atoms with Crippen LogP contribution in [0.25, 0.3) is 0 Å². The van der Waals surface area contributed by atoms with Crippen LogP contribution in [0.5, 0.6) is 0 Å². The highest BCUT2D eigenvalue weighted by atomic mass is 16.4. The number of carboxylic acid groups (broad SMARTS) is 1. The molecule has 2 unspecified atom stereocenters. The van der Waals surface area contributed by atoms with Crippen LogP contribution in [0.15, 0.2) is 12.2 Å². The summed E-state index contributed by atoms with van der Waals surface area (Å²) in [5, 5.41) is 11.8. The summed E-state index contributed by atoms with van der Waals surface area (Å²) in [7, 11) is 0. The Morgan fingerprint density at radius 1 is 1.36 bits per heavy atom. The third-order valence-electron chi connectivity index (χ3n) is 4.56. The van der Waals surface area contributed by atoms with Gasteiger partial charge < -0.3 is 10.4 Å². The van der Waals surface area contributed by atoms with E-state index in [-0.39, 0.29) is 35.9 Å². The van der Waals surface area contributed by atoms with Crippen molar-refractivity contribution in [3.8, 4) is 0 Å². The van der Waals surface area contributed by atoms with Crippen molar-refractivity contribution in [3.05, 3.63) is 12.2 Å². The summed E-state index contributed by atoms with van der Waals surface area (Å²) < 4.78 is 0. The molecule has 1 saturated carbocycles. The fourth-order valence-corrected chi connectivity index (χ4v) is 2.98. The van der Waals surface area contributed by atoms with Gasteiger partial charge in [-0.25, -0.2) is 4.79 Å². The second kappa shape index (κ2) is 8.71. The van der Waals surface area contributed by atoms with Gasteiger partial charge in [-0.05, 0) is 31.1 Å². The quantitative estimate of drug-likeness (QED) is 0.675. The van der Waals surface area contributed by atoms with Crippen molar-refractivity contribution < 1.29 is 19.5 Å². The van der Waals surface area contributed by atoms with Crippen LogP contribution in [0.2, 0.25) is 0 Å². The molecule has 0 aromatic heterocycles. The summed E-state index contributed by atoms with van der Waals surface area (Å²) in [6.07, 6.45) is 6.63. The number of aliphatic carboxylic acids is 1. The SMILES string of the molecule is C/C=C\CC1CC(=O)CC1CC(=O)N[C@H](C(=O)O)[C@@H](C)CC. The molecule has 0 heterocycles. The summed E-state index contributed by atoms with van der Waals surface area (Å²) >= 11 is 0. The molecule has 0 saturated heterocycles. The summed E-state index contributed by atoms with van der Waals surface area (Å²) in [6.45, 7) is 5.64. The molecule has 1 amide bonds. The first-order valence-electron chi connectivity index (χ1n) is 8.04. The monoisotopic (exact) mass is 309 g/mol. The second-order valence-corrected chi connectivity index (χ2v) is 6.24. The number of ketones is 1. The van der Waals surface area contributed by atoms with Gasteiger partial charge in [0, 0.05) is 19.3 Å². The topological polar surface area (TPSA) is 83.5 Å². The van der Waals surface area contributed by atoms with Crippen LogP contribution >= 0.6 is 0 Å². The molecule has 0 spiro atoms. The summed E-state index contributed by atoms with van der Waals surface area (Å²) in [6, 6.07) is -0.858. The zero-order valence-corrected chi connectivity index (χ0v) is 13.7. The van der Waals surface area contributed by atoms with E-state index in [2.05, 4.69) is 5.32 Å². The van der Waals surface area contributed by atoms with Gasteiger partial charge in [-0.1, -0.05) is 32.4 Å². The Hall–Kier alpha value is -1.65. The Balaban J connectivity index is 2.62. The lowest BCUT2D eigenvalue weighted by Crippen LogP contribution is -2.45. The zero-order valence-electron chi connectivity index (χ0n) is 13.7. The molecule has 5 heteroatoms. The van der Waals surface area contributed by atoms with Crippen molar-refractivity contribution in [2.24, 2.45) is 17.8 Å². The zero-order chi connectivity index (χ0) is 16.7. The minimum atomic E-state index is -1.00. The van der Waals surface area contributed by atoms with E-state index in [1.54, 1.807) is 0 Å². The maximum atomic E-state index is 12.2. The molecule has 1 aliphatic rings. The van der Waals surface area contributed by atoms with Crippen LogP contribution < -0.4 is 5.32 Å². The fourth-order valence-electron chi connectivity index (χ4n) is 2.98. The molecular weight excluding hydrogens is 282 g/mol. The first kappa shape index (κ1) is 18.4. The molecule has 1 aliphatic carbocycles. The number of Topliss-reactive ketones (excluding diaryl/α,β-unsaturated/α-hetero) is 1. The van der Waals surface area contributed by atoms with Crippen LogP contribution in [0.1, 0.15) is 52.9 Å². The Labute approximate surface area is 132 Å². The van der Waals surface area contributed by atoms with Gasteiger partial charge in [0.2, 0.25) is 5.91 Å². The number of allylic oxidation sites excluding steroid dienone is 2. The van der Waals surface area contributed by atoms with E-state index in [0.717, 1.165) is 6.42 Å². The van der Waals surface area contributed by atoms with Crippen LogP contribution in [0.4, 0.5) is 0 Å². The smallest absolute Gasteiger partial charge is 0.326 e. The number of carboxylic acids is 1. The molecule has 5 nitrogen and oxygen atoms in total. The molecule has 0 aliphatic heterocycles. The van der Waals surface area contributed by atoms with Gasteiger partial charge in [0.25, 0.3) is 0 Å². The van der Waals surface area contributed by atoms with Crippen LogP contribution in [0.3, 0.4) is 0 Å². The number of carbonyl (C=O) groups excluding carboxylic acids is 2. The molecule has 0 bridgehead atoms. The third-order valence-corrected chi connectivity index (χ3v) is 4.56. The van der Waals surface area contributed by atoms with E-state index in [9.17, 15) is 19.5 Å². The molecular formula is C17H27NO4. The number of nitrogens with one attached hydrogen (secondary N) is 1. The van der Waals surface area contributed by atoms with E-state index in [0.29, 0.717) is 19.3 Å². The normalized spacial score (nSPS) is 24.4. The predicted molar refractivity (Wildman–Crippen MR) is 84.3 cm³/mol.